The summed E-state index contributed by atoms with van der Waals surface area (Å²) in [5, 5.41) is 8.78. The maximum Gasteiger partial charge on any atom is 0.410 e. The summed E-state index contributed by atoms with van der Waals surface area (Å²) in [6.45, 7) is 0.984. The molecule has 0 spiro atoms. The summed E-state index contributed by atoms with van der Waals surface area (Å²) in [5.41, 5.74) is 0.790. The van der Waals surface area contributed by atoms with Crippen LogP contribution in [0, 0.1) is 17.2 Å². The van der Waals surface area contributed by atoms with Gasteiger partial charge in [-0.3, -0.25) is 4.98 Å². The van der Waals surface area contributed by atoms with Gasteiger partial charge in [0.15, 0.2) is 0 Å². The number of nitriles is 1. The first-order chi connectivity index (χ1) is 7.79. The second-order valence-corrected chi connectivity index (χ2v) is 3.60. The highest BCUT2D eigenvalue weighted by molar-refractivity contribution is 5.68. The number of amides is 1. The van der Waals surface area contributed by atoms with E-state index >= 15 is 0 Å². The van der Waals surface area contributed by atoms with E-state index in [4.69, 9.17) is 10.00 Å². The minimum atomic E-state index is -0.378. The van der Waals surface area contributed by atoms with E-state index in [1.165, 1.54) is 4.90 Å². The summed E-state index contributed by atoms with van der Waals surface area (Å²) in [7, 11) is 0. The van der Waals surface area contributed by atoms with Crippen molar-refractivity contribution in [3.8, 4) is 6.07 Å². The zero-order chi connectivity index (χ0) is 11.4. The first kappa shape index (κ1) is 10.4. The monoisotopic (exact) mass is 217 g/mol. The standard InChI is InChI=1S/C11H11N3O2/c12-5-9-6-14(11(15)16-8-9)7-10-3-1-2-4-13-10/h1-4,9H,6-8H2. The number of hydrogen-bond acceptors (Lipinski definition) is 4. The first-order valence-electron chi connectivity index (χ1n) is 5.01. The molecule has 2 heterocycles. The molecule has 1 aliphatic rings. The number of cyclic esters (lactones) is 1. The van der Waals surface area contributed by atoms with Gasteiger partial charge in [0.05, 0.1) is 24.2 Å². The number of carbonyl (C=O) groups excluding carboxylic acids is 1. The fraction of sp³-hybridized carbons (Fsp3) is 0.364. The van der Waals surface area contributed by atoms with Gasteiger partial charge in [-0.05, 0) is 12.1 Å². The Labute approximate surface area is 93.3 Å². The summed E-state index contributed by atoms with van der Waals surface area (Å²) < 4.78 is 4.90. The minimum absolute atomic E-state index is 0.189. The fourth-order valence-corrected chi connectivity index (χ4v) is 1.55. The molecule has 1 aromatic rings. The lowest BCUT2D eigenvalue weighted by Gasteiger charge is -2.28. The maximum absolute atomic E-state index is 11.4. The number of aromatic nitrogens is 1. The number of rotatable bonds is 2. The van der Waals surface area contributed by atoms with Crippen molar-refractivity contribution in [2.45, 2.75) is 6.54 Å². The van der Waals surface area contributed by atoms with Crippen molar-refractivity contribution >= 4 is 6.09 Å². The number of pyridine rings is 1. The normalized spacial score (nSPS) is 20.1. The third-order valence-electron chi connectivity index (χ3n) is 2.37. The Morgan fingerprint density at radius 3 is 3.19 bits per heavy atom. The highest BCUT2D eigenvalue weighted by Crippen LogP contribution is 2.13. The van der Waals surface area contributed by atoms with Crippen LogP contribution in [0.25, 0.3) is 0 Å². The van der Waals surface area contributed by atoms with Crippen molar-refractivity contribution in [2.75, 3.05) is 13.2 Å². The van der Waals surface area contributed by atoms with Crippen LogP contribution in [0.5, 0.6) is 0 Å². The molecular weight excluding hydrogens is 206 g/mol. The molecular formula is C11H11N3O2. The van der Waals surface area contributed by atoms with Crippen LogP contribution in [-0.4, -0.2) is 29.1 Å². The average Bonchev–Trinajstić information content (AvgIpc) is 2.33. The van der Waals surface area contributed by atoms with E-state index < -0.39 is 0 Å². The van der Waals surface area contributed by atoms with Gasteiger partial charge < -0.3 is 9.64 Å². The summed E-state index contributed by atoms with van der Waals surface area (Å²) in [6.07, 6.45) is 1.30. The first-order valence-corrected chi connectivity index (χ1v) is 5.01. The molecule has 16 heavy (non-hydrogen) atoms. The van der Waals surface area contributed by atoms with Gasteiger partial charge in [-0.15, -0.1) is 0 Å². The third kappa shape index (κ3) is 2.28. The van der Waals surface area contributed by atoms with Crippen LogP contribution in [0.2, 0.25) is 0 Å². The molecule has 1 saturated heterocycles. The van der Waals surface area contributed by atoms with Gasteiger partial charge in [0.2, 0.25) is 0 Å². The lowest BCUT2D eigenvalue weighted by molar-refractivity contribution is 0.0531. The van der Waals surface area contributed by atoms with Crippen LogP contribution in [0.1, 0.15) is 5.69 Å². The molecule has 0 aliphatic carbocycles. The molecule has 5 nitrogen and oxygen atoms in total. The van der Waals surface area contributed by atoms with E-state index in [9.17, 15) is 4.79 Å². The molecule has 1 amide bonds. The third-order valence-corrected chi connectivity index (χ3v) is 2.37. The average molecular weight is 217 g/mol. The molecule has 1 unspecified atom stereocenters. The van der Waals surface area contributed by atoms with E-state index in [1.807, 2.05) is 18.2 Å². The van der Waals surface area contributed by atoms with Crippen LogP contribution in [0.15, 0.2) is 24.4 Å². The molecule has 0 saturated carbocycles. The van der Waals surface area contributed by atoms with Crippen molar-refractivity contribution in [3.63, 3.8) is 0 Å². The largest absolute Gasteiger partial charge is 0.448 e. The van der Waals surface area contributed by atoms with Crippen LogP contribution in [-0.2, 0) is 11.3 Å². The molecule has 2 rings (SSSR count). The summed E-state index contributed by atoms with van der Waals surface area (Å²) in [6, 6.07) is 7.61. The second-order valence-electron chi connectivity index (χ2n) is 3.60. The van der Waals surface area contributed by atoms with Gasteiger partial charge in [-0.2, -0.15) is 5.26 Å². The molecule has 0 aromatic carbocycles. The predicted molar refractivity (Wildman–Crippen MR) is 55.1 cm³/mol. The number of nitrogens with zero attached hydrogens (tertiary/aromatic N) is 3. The molecule has 1 atom stereocenters. The van der Waals surface area contributed by atoms with Crippen LogP contribution in [0.3, 0.4) is 0 Å². The van der Waals surface area contributed by atoms with Gasteiger partial charge in [0.1, 0.15) is 6.61 Å². The highest BCUT2D eigenvalue weighted by Gasteiger charge is 2.27. The van der Waals surface area contributed by atoms with E-state index in [0.29, 0.717) is 13.1 Å². The Hall–Kier alpha value is -2.09. The van der Waals surface area contributed by atoms with Gasteiger partial charge >= 0.3 is 6.09 Å². The molecule has 0 N–H and O–H groups in total. The van der Waals surface area contributed by atoms with E-state index in [1.54, 1.807) is 6.20 Å². The summed E-state index contributed by atoms with van der Waals surface area (Å²) in [4.78, 5) is 17.1. The van der Waals surface area contributed by atoms with Crippen molar-refractivity contribution in [1.29, 1.82) is 5.26 Å². The Morgan fingerprint density at radius 1 is 1.62 bits per heavy atom. The van der Waals surface area contributed by atoms with Gasteiger partial charge in [0.25, 0.3) is 0 Å². The number of hydrogen-bond donors (Lipinski definition) is 0. The van der Waals surface area contributed by atoms with Crippen LogP contribution in [0.4, 0.5) is 4.79 Å². The highest BCUT2D eigenvalue weighted by atomic mass is 16.6. The Kier molecular flexibility index (Phi) is 3.01. The molecule has 0 bridgehead atoms. The van der Waals surface area contributed by atoms with Gasteiger partial charge in [0, 0.05) is 12.7 Å². The van der Waals surface area contributed by atoms with Gasteiger partial charge in [-0.25, -0.2) is 4.79 Å². The number of ether oxygens (including phenoxy) is 1. The summed E-state index contributed by atoms with van der Waals surface area (Å²) in [5.74, 6) is -0.249. The smallest absolute Gasteiger partial charge is 0.410 e. The quantitative estimate of drug-likeness (QED) is 0.745. The number of carbonyl (C=O) groups is 1. The Morgan fingerprint density at radius 2 is 2.50 bits per heavy atom. The lowest BCUT2D eigenvalue weighted by Crippen LogP contribution is -2.42. The topological polar surface area (TPSA) is 66.2 Å². The van der Waals surface area contributed by atoms with Crippen molar-refractivity contribution in [3.05, 3.63) is 30.1 Å². The molecule has 1 aromatic heterocycles. The van der Waals surface area contributed by atoms with Crippen molar-refractivity contribution in [1.82, 2.24) is 9.88 Å². The van der Waals surface area contributed by atoms with Gasteiger partial charge in [-0.1, -0.05) is 6.07 Å². The minimum Gasteiger partial charge on any atom is -0.448 e. The Balaban J connectivity index is 2.03. The van der Waals surface area contributed by atoms with E-state index in [2.05, 4.69) is 11.1 Å². The zero-order valence-corrected chi connectivity index (χ0v) is 8.67. The maximum atomic E-state index is 11.4. The fourth-order valence-electron chi connectivity index (χ4n) is 1.55. The molecule has 82 valence electrons. The van der Waals surface area contributed by atoms with Crippen LogP contribution >= 0.6 is 0 Å². The zero-order valence-electron chi connectivity index (χ0n) is 8.67. The second kappa shape index (κ2) is 4.62. The van der Waals surface area contributed by atoms with Crippen molar-refractivity contribution in [2.24, 2.45) is 5.92 Å². The predicted octanol–water partition coefficient (Wildman–Crippen LogP) is 1.17. The lowest BCUT2D eigenvalue weighted by atomic mass is 10.1. The van der Waals surface area contributed by atoms with E-state index in [0.717, 1.165) is 5.69 Å². The molecule has 0 radical (unpaired) electrons. The SMILES string of the molecule is N#CC1COC(=O)N(Cc2ccccn2)C1. The van der Waals surface area contributed by atoms with Crippen LogP contribution < -0.4 is 0 Å². The molecule has 1 fully saturated rings. The molecule has 5 heteroatoms. The molecule has 1 aliphatic heterocycles. The van der Waals surface area contributed by atoms with E-state index in [-0.39, 0.29) is 18.6 Å². The Bertz CT molecular complexity index is 413. The van der Waals surface area contributed by atoms with Crippen molar-refractivity contribution < 1.29 is 9.53 Å². The summed E-state index contributed by atoms with van der Waals surface area (Å²) >= 11 is 0.